The second-order valence-corrected chi connectivity index (χ2v) is 7.07. The number of nitrogens with zero attached hydrogens (tertiary/aromatic N) is 2. The molecular formula is C17H19F2N3O3S. The molecule has 9 heteroatoms. The topological polar surface area (TPSA) is 82.5 Å². The van der Waals surface area contributed by atoms with Crippen molar-refractivity contribution in [2.24, 2.45) is 5.92 Å². The van der Waals surface area contributed by atoms with Gasteiger partial charge in [0, 0.05) is 31.0 Å². The number of halogens is 2. The van der Waals surface area contributed by atoms with E-state index in [1.807, 2.05) is 0 Å². The fourth-order valence-electron chi connectivity index (χ4n) is 2.24. The van der Waals surface area contributed by atoms with E-state index >= 15 is 0 Å². The molecule has 0 saturated carbocycles. The van der Waals surface area contributed by atoms with E-state index in [2.05, 4.69) is 10.3 Å². The minimum absolute atomic E-state index is 0.0547. The summed E-state index contributed by atoms with van der Waals surface area (Å²) in [7, 11) is 1.49. The summed E-state index contributed by atoms with van der Waals surface area (Å²) in [6, 6.07) is 2.91. The molecule has 0 radical (unpaired) electrons. The van der Waals surface area contributed by atoms with E-state index in [9.17, 15) is 18.4 Å². The van der Waals surface area contributed by atoms with Gasteiger partial charge in [-0.25, -0.2) is 18.6 Å². The number of rotatable bonds is 6. The lowest BCUT2D eigenvalue weighted by atomic mass is 10.1. The number of hydrogen-bond donors (Lipinski definition) is 2. The molecule has 0 aliphatic rings. The first-order valence-corrected chi connectivity index (χ1v) is 8.64. The fraction of sp³-hybridized carbons (Fsp3) is 0.353. The number of carboxylic acid groups (broad SMARTS) is 1. The Hall–Kier alpha value is -2.55. The first-order valence-electron chi connectivity index (χ1n) is 7.82. The van der Waals surface area contributed by atoms with E-state index in [0.29, 0.717) is 16.4 Å². The van der Waals surface area contributed by atoms with Gasteiger partial charge in [-0.3, -0.25) is 10.1 Å². The predicted octanol–water partition coefficient (Wildman–Crippen LogP) is 3.50. The number of hydrogen-bond acceptors (Lipinski definition) is 4. The highest BCUT2D eigenvalue weighted by Gasteiger charge is 2.19. The number of carboxylic acids is 1. The van der Waals surface area contributed by atoms with Crippen LogP contribution in [-0.4, -0.2) is 40.6 Å². The highest BCUT2D eigenvalue weighted by Crippen LogP contribution is 2.26. The average molecular weight is 383 g/mol. The Labute approximate surface area is 153 Å². The lowest BCUT2D eigenvalue weighted by Crippen LogP contribution is -2.36. The van der Waals surface area contributed by atoms with Gasteiger partial charge in [-0.15, -0.1) is 11.3 Å². The van der Waals surface area contributed by atoms with Gasteiger partial charge in [0.05, 0.1) is 11.6 Å². The number of aryl methyl sites for hydroxylation is 1. The largest absolute Gasteiger partial charge is 0.481 e. The summed E-state index contributed by atoms with van der Waals surface area (Å²) in [4.78, 5) is 29.2. The minimum Gasteiger partial charge on any atom is -0.481 e. The summed E-state index contributed by atoms with van der Waals surface area (Å²) in [6.07, 6.45) is 0.234. The van der Waals surface area contributed by atoms with Crippen molar-refractivity contribution in [1.29, 1.82) is 0 Å². The number of aliphatic carboxylic acids is 1. The fourth-order valence-corrected chi connectivity index (χ4v) is 3.22. The zero-order valence-corrected chi connectivity index (χ0v) is 15.4. The van der Waals surface area contributed by atoms with E-state index in [4.69, 9.17) is 5.11 Å². The molecule has 2 aromatic rings. The maximum Gasteiger partial charge on any atom is 0.323 e. The monoisotopic (exact) mass is 383 g/mol. The van der Waals surface area contributed by atoms with Gasteiger partial charge in [0.1, 0.15) is 11.6 Å². The Kier molecular flexibility index (Phi) is 6.25. The third kappa shape index (κ3) is 4.98. The zero-order valence-electron chi connectivity index (χ0n) is 14.5. The number of amides is 2. The van der Waals surface area contributed by atoms with Crippen molar-refractivity contribution in [2.75, 3.05) is 18.9 Å². The maximum atomic E-state index is 13.8. The smallest absolute Gasteiger partial charge is 0.323 e. The molecule has 1 aromatic heterocycles. The molecule has 1 aromatic carbocycles. The van der Waals surface area contributed by atoms with E-state index in [0.717, 1.165) is 10.9 Å². The maximum absolute atomic E-state index is 13.8. The first-order chi connectivity index (χ1) is 12.2. The molecule has 0 aliphatic carbocycles. The number of carbonyl (C=O) groups is 2. The van der Waals surface area contributed by atoms with Crippen molar-refractivity contribution in [3.63, 3.8) is 0 Å². The normalized spacial score (nSPS) is 11.9. The molecular weight excluding hydrogens is 364 g/mol. The number of benzene rings is 1. The summed E-state index contributed by atoms with van der Waals surface area (Å²) in [5.41, 5.74) is 0.971. The van der Waals surface area contributed by atoms with Crippen molar-refractivity contribution < 1.29 is 23.5 Å². The van der Waals surface area contributed by atoms with Gasteiger partial charge < -0.3 is 10.0 Å². The summed E-state index contributed by atoms with van der Waals surface area (Å²) in [5, 5.41) is 11.8. The number of aromatic nitrogens is 1. The van der Waals surface area contributed by atoms with Gasteiger partial charge in [-0.2, -0.15) is 0 Å². The SMILES string of the molecule is Cc1nc(NC(=O)N(C)CC(C)C(=O)O)sc1Cc1ccc(F)cc1F. The zero-order chi connectivity index (χ0) is 19.4. The Bertz CT molecular complexity index is 826. The highest BCUT2D eigenvalue weighted by molar-refractivity contribution is 7.15. The number of nitrogens with one attached hydrogen (secondary N) is 1. The molecule has 1 unspecified atom stereocenters. The lowest BCUT2D eigenvalue weighted by molar-refractivity contribution is -0.141. The second kappa shape index (κ2) is 8.22. The minimum atomic E-state index is -0.988. The first kappa shape index (κ1) is 19.8. The van der Waals surface area contributed by atoms with Crippen LogP contribution in [0.2, 0.25) is 0 Å². The van der Waals surface area contributed by atoms with Crippen LogP contribution in [0.1, 0.15) is 23.1 Å². The van der Waals surface area contributed by atoms with E-state index < -0.39 is 29.6 Å². The molecule has 0 bridgehead atoms. The van der Waals surface area contributed by atoms with Crippen molar-refractivity contribution in [2.45, 2.75) is 20.3 Å². The highest BCUT2D eigenvalue weighted by atomic mass is 32.1. The van der Waals surface area contributed by atoms with Crippen molar-refractivity contribution >= 4 is 28.5 Å². The Balaban J connectivity index is 2.05. The third-order valence-electron chi connectivity index (χ3n) is 3.79. The summed E-state index contributed by atoms with van der Waals surface area (Å²) < 4.78 is 26.8. The van der Waals surface area contributed by atoms with Gasteiger partial charge in [0.2, 0.25) is 0 Å². The molecule has 26 heavy (non-hydrogen) atoms. The number of anilines is 1. The van der Waals surface area contributed by atoms with Crippen LogP contribution in [0.4, 0.5) is 18.7 Å². The molecule has 0 aliphatic heterocycles. The summed E-state index contributed by atoms with van der Waals surface area (Å²) in [6.45, 7) is 3.30. The van der Waals surface area contributed by atoms with Gasteiger partial charge in [0.25, 0.3) is 0 Å². The van der Waals surface area contributed by atoms with Gasteiger partial charge in [0.15, 0.2) is 5.13 Å². The molecule has 2 N–H and O–H groups in total. The average Bonchev–Trinajstić information content (AvgIpc) is 2.89. The van der Waals surface area contributed by atoms with Crippen LogP contribution < -0.4 is 5.32 Å². The van der Waals surface area contributed by atoms with Crippen LogP contribution in [0.3, 0.4) is 0 Å². The molecule has 0 fully saturated rings. The van der Waals surface area contributed by atoms with E-state index in [1.165, 1.54) is 42.3 Å². The van der Waals surface area contributed by atoms with Gasteiger partial charge >= 0.3 is 12.0 Å². The van der Waals surface area contributed by atoms with Crippen molar-refractivity contribution in [1.82, 2.24) is 9.88 Å². The third-order valence-corrected chi connectivity index (χ3v) is 4.86. The van der Waals surface area contributed by atoms with Crippen molar-refractivity contribution in [3.8, 4) is 0 Å². The number of urea groups is 1. The molecule has 0 spiro atoms. The summed E-state index contributed by atoms with van der Waals surface area (Å²) >= 11 is 1.19. The Morgan fingerprint density at radius 3 is 2.69 bits per heavy atom. The van der Waals surface area contributed by atoms with Crippen LogP contribution in [0.15, 0.2) is 18.2 Å². The predicted molar refractivity (Wildman–Crippen MR) is 94.5 cm³/mol. The summed E-state index contributed by atoms with van der Waals surface area (Å²) in [5.74, 6) is -2.95. The number of carbonyl (C=O) groups excluding carboxylic acids is 1. The number of thiazole rings is 1. The van der Waals surface area contributed by atoms with Crippen LogP contribution >= 0.6 is 11.3 Å². The van der Waals surface area contributed by atoms with Crippen molar-refractivity contribution in [3.05, 3.63) is 46.0 Å². The van der Waals surface area contributed by atoms with Gasteiger partial charge in [-0.05, 0) is 18.6 Å². The standard InChI is InChI=1S/C17H19F2N3O3S/c1-9(15(23)24)8-22(3)17(25)21-16-20-10(2)14(26-16)6-11-4-5-12(18)7-13(11)19/h4-5,7,9H,6,8H2,1-3H3,(H,23,24)(H,20,21,25). The van der Waals surface area contributed by atoms with Crippen LogP contribution in [0.5, 0.6) is 0 Å². The molecule has 2 rings (SSSR count). The lowest BCUT2D eigenvalue weighted by Gasteiger charge is -2.19. The Morgan fingerprint density at radius 1 is 1.38 bits per heavy atom. The van der Waals surface area contributed by atoms with Crippen LogP contribution in [0, 0.1) is 24.5 Å². The molecule has 140 valence electrons. The molecule has 6 nitrogen and oxygen atoms in total. The quantitative estimate of drug-likeness (QED) is 0.800. The second-order valence-electron chi connectivity index (χ2n) is 5.99. The van der Waals surface area contributed by atoms with Crippen LogP contribution in [-0.2, 0) is 11.2 Å². The molecule has 1 atom stereocenters. The van der Waals surface area contributed by atoms with E-state index in [1.54, 1.807) is 6.92 Å². The molecule has 1 heterocycles. The van der Waals surface area contributed by atoms with E-state index in [-0.39, 0.29) is 13.0 Å². The van der Waals surface area contributed by atoms with Gasteiger partial charge in [-0.1, -0.05) is 13.0 Å². The molecule has 0 saturated heterocycles. The van der Waals surface area contributed by atoms with Crippen LogP contribution in [0.25, 0.3) is 0 Å². The molecule has 2 amide bonds. The Morgan fingerprint density at radius 2 is 2.08 bits per heavy atom.